The Bertz CT molecular complexity index is 228. The summed E-state index contributed by atoms with van der Waals surface area (Å²) < 4.78 is 0. The first kappa shape index (κ1) is 14.5. The summed E-state index contributed by atoms with van der Waals surface area (Å²) in [6.45, 7) is 4.63. The molecule has 3 N–H and O–H groups in total. The molecule has 0 heterocycles. The van der Waals surface area contributed by atoms with Crippen LogP contribution in [0.25, 0.3) is 0 Å². The van der Waals surface area contributed by atoms with Crippen molar-refractivity contribution in [3.8, 4) is 0 Å². The van der Waals surface area contributed by atoms with Crippen molar-refractivity contribution in [1.29, 1.82) is 0 Å². The van der Waals surface area contributed by atoms with Gasteiger partial charge in [0, 0.05) is 18.0 Å². The Morgan fingerprint density at radius 1 is 1.24 bits per heavy atom. The zero-order valence-electron chi connectivity index (χ0n) is 11.4. The molecule has 17 heavy (non-hydrogen) atoms. The molecule has 0 aromatic carbocycles. The lowest BCUT2D eigenvalue weighted by Gasteiger charge is -2.30. The van der Waals surface area contributed by atoms with Gasteiger partial charge < -0.3 is 11.1 Å². The van der Waals surface area contributed by atoms with E-state index in [0.717, 1.165) is 19.3 Å². The monoisotopic (exact) mass is 240 g/mol. The van der Waals surface area contributed by atoms with Crippen LogP contribution in [0, 0.1) is 5.92 Å². The molecule has 100 valence electrons. The van der Waals surface area contributed by atoms with Crippen LogP contribution in [0.15, 0.2) is 0 Å². The molecular weight excluding hydrogens is 212 g/mol. The van der Waals surface area contributed by atoms with Crippen molar-refractivity contribution in [1.82, 2.24) is 5.32 Å². The van der Waals surface area contributed by atoms with Crippen LogP contribution in [0.3, 0.4) is 0 Å². The first-order valence-corrected chi connectivity index (χ1v) is 7.13. The van der Waals surface area contributed by atoms with Crippen molar-refractivity contribution in [3.63, 3.8) is 0 Å². The Balaban J connectivity index is 2.49. The highest BCUT2D eigenvalue weighted by Crippen LogP contribution is 2.23. The standard InChI is InChI=1S/C14H28N2O/c1-3-14(2,11-15)16-13(17)12-9-7-5-4-6-8-10-12/h12H,3-11,15H2,1-2H3,(H,16,17). The molecule has 1 unspecified atom stereocenters. The second-order valence-corrected chi connectivity index (χ2v) is 5.65. The first-order chi connectivity index (χ1) is 8.11. The highest BCUT2D eigenvalue weighted by atomic mass is 16.2. The first-order valence-electron chi connectivity index (χ1n) is 7.13. The van der Waals surface area contributed by atoms with Crippen molar-refractivity contribution in [2.75, 3.05) is 6.54 Å². The predicted octanol–water partition coefficient (Wildman–Crippen LogP) is 2.59. The van der Waals surface area contributed by atoms with Crippen molar-refractivity contribution >= 4 is 5.91 Å². The molecule has 1 atom stereocenters. The predicted molar refractivity (Wildman–Crippen MR) is 71.7 cm³/mol. The zero-order valence-corrected chi connectivity index (χ0v) is 11.4. The van der Waals surface area contributed by atoms with Crippen LogP contribution in [0.2, 0.25) is 0 Å². The summed E-state index contributed by atoms with van der Waals surface area (Å²) in [6.07, 6.45) is 9.29. The maximum Gasteiger partial charge on any atom is 0.223 e. The second-order valence-electron chi connectivity index (χ2n) is 5.65. The van der Waals surface area contributed by atoms with Gasteiger partial charge in [0.25, 0.3) is 0 Å². The van der Waals surface area contributed by atoms with Gasteiger partial charge in [0.2, 0.25) is 5.91 Å². The molecule has 0 bridgehead atoms. The van der Waals surface area contributed by atoms with E-state index in [2.05, 4.69) is 12.2 Å². The van der Waals surface area contributed by atoms with E-state index in [-0.39, 0.29) is 17.4 Å². The van der Waals surface area contributed by atoms with Gasteiger partial charge in [-0.1, -0.05) is 39.0 Å². The SMILES string of the molecule is CCC(C)(CN)NC(=O)C1CCCCCCC1. The summed E-state index contributed by atoms with van der Waals surface area (Å²) in [5.74, 6) is 0.439. The summed E-state index contributed by atoms with van der Waals surface area (Å²) in [4.78, 5) is 12.2. The third kappa shape index (κ3) is 4.66. The molecule has 0 spiro atoms. The van der Waals surface area contributed by atoms with Crippen LogP contribution >= 0.6 is 0 Å². The van der Waals surface area contributed by atoms with Gasteiger partial charge >= 0.3 is 0 Å². The number of carbonyl (C=O) groups excluding carboxylic acids is 1. The van der Waals surface area contributed by atoms with E-state index in [4.69, 9.17) is 5.73 Å². The molecule has 1 fully saturated rings. The second kappa shape index (κ2) is 7.00. The van der Waals surface area contributed by atoms with E-state index < -0.39 is 0 Å². The van der Waals surface area contributed by atoms with Gasteiger partial charge in [-0.05, 0) is 26.2 Å². The average molecular weight is 240 g/mol. The van der Waals surface area contributed by atoms with Crippen molar-refractivity contribution in [3.05, 3.63) is 0 Å². The number of nitrogens with two attached hydrogens (primary N) is 1. The summed E-state index contributed by atoms with van der Waals surface area (Å²) in [6, 6.07) is 0. The summed E-state index contributed by atoms with van der Waals surface area (Å²) in [5, 5.41) is 3.15. The fourth-order valence-electron chi connectivity index (χ4n) is 2.40. The Morgan fingerprint density at radius 3 is 2.24 bits per heavy atom. The molecule has 0 saturated heterocycles. The van der Waals surface area contributed by atoms with E-state index in [1.165, 1.54) is 32.1 Å². The quantitative estimate of drug-likeness (QED) is 0.793. The van der Waals surface area contributed by atoms with Gasteiger partial charge in [-0.2, -0.15) is 0 Å². The average Bonchev–Trinajstić information content (AvgIpc) is 2.28. The van der Waals surface area contributed by atoms with Gasteiger partial charge in [0.15, 0.2) is 0 Å². The fraction of sp³-hybridized carbons (Fsp3) is 0.929. The smallest absolute Gasteiger partial charge is 0.223 e. The molecule has 0 aromatic rings. The van der Waals surface area contributed by atoms with Crippen molar-refractivity contribution < 1.29 is 4.79 Å². The van der Waals surface area contributed by atoms with E-state index in [1.807, 2.05) is 6.92 Å². The van der Waals surface area contributed by atoms with Crippen LogP contribution in [0.1, 0.15) is 65.2 Å². The summed E-state index contributed by atoms with van der Waals surface area (Å²) in [7, 11) is 0. The van der Waals surface area contributed by atoms with Crippen LogP contribution in [-0.4, -0.2) is 18.0 Å². The van der Waals surface area contributed by atoms with Crippen LogP contribution in [0.5, 0.6) is 0 Å². The Labute approximate surface area is 106 Å². The van der Waals surface area contributed by atoms with Gasteiger partial charge in [-0.15, -0.1) is 0 Å². The maximum atomic E-state index is 12.2. The molecule has 1 amide bonds. The fourth-order valence-corrected chi connectivity index (χ4v) is 2.40. The summed E-state index contributed by atoms with van der Waals surface area (Å²) >= 11 is 0. The molecule has 0 aliphatic heterocycles. The number of hydrogen-bond acceptors (Lipinski definition) is 2. The number of amides is 1. The molecule has 1 aliphatic carbocycles. The lowest BCUT2D eigenvalue weighted by molar-refractivity contribution is -0.127. The van der Waals surface area contributed by atoms with E-state index >= 15 is 0 Å². The highest BCUT2D eigenvalue weighted by Gasteiger charge is 2.27. The van der Waals surface area contributed by atoms with Crippen LogP contribution < -0.4 is 11.1 Å². The Morgan fingerprint density at radius 2 is 1.76 bits per heavy atom. The van der Waals surface area contributed by atoms with Gasteiger partial charge in [0.05, 0.1) is 0 Å². The Kier molecular flexibility index (Phi) is 5.96. The number of rotatable bonds is 4. The number of nitrogens with one attached hydrogen (secondary N) is 1. The minimum absolute atomic E-state index is 0.215. The lowest BCUT2D eigenvalue weighted by Crippen LogP contribution is -2.52. The normalized spacial score (nSPS) is 22.3. The van der Waals surface area contributed by atoms with Crippen LogP contribution in [0.4, 0.5) is 0 Å². The van der Waals surface area contributed by atoms with E-state index in [9.17, 15) is 4.79 Å². The molecule has 3 heteroatoms. The number of carbonyl (C=O) groups is 1. The van der Waals surface area contributed by atoms with Gasteiger partial charge in [-0.3, -0.25) is 4.79 Å². The minimum Gasteiger partial charge on any atom is -0.349 e. The maximum absolute atomic E-state index is 12.2. The topological polar surface area (TPSA) is 55.1 Å². The third-order valence-corrected chi connectivity index (χ3v) is 4.13. The molecule has 1 rings (SSSR count). The molecule has 3 nitrogen and oxygen atoms in total. The lowest BCUT2D eigenvalue weighted by atomic mass is 9.89. The zero-order chi connectivity index (χ0) is 12.7. The van der Waals surface area contributed by atoms with Crippen LogP contribution in [-0.2, 0) is 4.79 Å². The van der Waals surface area contributed by atoms with E-state index in [0.29, 0.717) is 6.54 Å². The largest absolute Gasteiger partial charge is 0.349 e. The van der Waals surface area contributed by atoms with Gasteiger partial charge in [-0.25, -0.2) is 0 Å². The third-order valence-electron chi connectivity index (χ3n) is 4.13. The summed E-state index contributed by atoms with van der Waals surface area (Å²) in [5.41, 5.74) is 5.51. The molecule has 1 saturated carbocycles. The highest BCUT2D eigenvalue weighted by molar-refractivity contribution is 5.79. The minimum atomic E-state index is -0.223. The molecular formula is C14H28N2O. The molecule has 0 aromatic heterocycles. The molecule has 0 radical (unpaired) electrons. The number of hydrogen-bond donors (Lipinski definition) is 2. The van der Waals surface area contributed by atoms with E-state index in [1.54, 1.807) is 0 Å². The molecule has 1 aliphatic rings. The van der Waals surface area contributed by atoms with Crippen molar-refractivity contribution in [2.24, 2.45) is 11.7 Å². The van der Waals surface area contributed by atoms with Gasteiger partial charge in [0.1, 0.15) is 0 Å². The Hall–Kier alpha value is -0.570. The van der Waals surface area contributed by atoms with Crippen molar-refractivity contribution in [2.45, 2.75) is 70.8 Å².